The van der Waals surface area contributed by atoms with Gasteiger partial charge in [0.25, 0.3) is 0 Å². The highest BCUT2D eigenvalue weighted by atomic mass is 32.2. The summed E-state index contributed by atoms with van der Waals surface area (Å²) in [6.07, 6.45) is 0.959. The lowest BCUT2D eigenvalue weighted by molar-refractivity contribution is -0.141. The Balaban J connectivity index is 2.38. The van der Waals surface area contributed by atoms with Crippen LogP contribution in [-0.2, 0) is 26.6 Å². The molecule has 0 saturated carbocycles. The zero-order valence-electron chi connectivity index (χ0n) is 12.9. The summed E-state index contributed by atoms with van der Waals surface area (Å²) in [5.41, 5.74) is 2.04. The summed E-state index contributed by atoms with van der Waals surface area (Å²) >= 11 is 0. The van der Waals surface area contributed by atoms with E-state index < -0.39 is 27.3 Å². The van der Waals surface area contributed by atoms with E-state index in [1.54, 1.807) is 11.6 Å². The molecule has 0 amide bonds. The molecule has 1 aromatic rings. The predicted octanol–water partition coefficient (Wildman–Crippen LogP) is 1.30. The predicted molar refractivity (Wildman–Crippen MR) is 79.1 cm³/mol. The first kappa shape index (κ1) is 16.0. The molecule has 0 spiro atoms. The molecule has 1 aliphatic heterocycles. The van der Waals surface area contributed by atoms with Crippen LogP contribution in [0.15, 0.2) is 0 Å². The van der Waals surface area contributed by atoms with E-state index in [0.717, 1.165) is 17.0 Å². The van der Waals surface area contributed by atoms with Crippen molar-refractivity contribution in [2.24, 2.45) is 5.92 Å². The second-order valence-corrected chi connectivity index (χ2v) is 8.53. The van der Waals surface area contributed by atoms with Crippen LogP contribution in [0, 0.1) is 19.8 Å². The summed E-state index contributed by atoms with van der Waals surface area (Å²) < 4.78 is 25.3. The quantitative estimate of drug-likeness (QED) is 0.904. The standard InChI is InChI=1S/C14H22N2O4S/c1-9(13(17)18)7-12-10(2)15-16(11(12)3)14(4)5-6-21(19,20)8-14/h9H,5-8H2,1-4H3,(H,17,18). The van der Waals surface area contributed by atoms with Crippen LogP contribution in [0.2, 0.25) is 0 Å². The minimum absolute atomic E-state index is 0.0931. The summed E-state index contributed by atoms with van der Waals surface area (Å²) in [4.78, 5) is 11.0. The van der Waals surface area contributed by atoms with Crippen molar-refractivity contribution in [1.82, 2.24) is 9.78 Å². The normalized spacial score (nSPS) is 25.9. The van der Waals surface area contributed by atoms with Crippen LogP contribution < -0.4 is 0 Å². The summed E-state index contributed by atoms with van der Waals surface area (Å²) in [7, 11) is -3.01. The Labute approximate surface area is 125 Å². The van der Waals surface area contributed by atoms with Crippen molar-refractivity contribution in [1.29, 1.82) is 0 Å². The Bertz CT molecular complexity index is 677. The molecule has 6 nitrogen and oxygen atoms in total. The molecule has 21 heavy (non-hydrogen) atoms. The van der Waals surface area contributed by atoms with Gasteiger partial charge in [0.2, 0.25) is 0 Å². The van der Waals surface area contributed by atoms with Crippen molar-refractivity contribution >= 4 is 15.8 Å². The number of hydrogen-bond acceptors (Lipinski definition) is 4. The van der Waals surface area contributed by atoms with Crippen molar-refractivity contribution in [2.45, 2.75) is 46.1 Å². The molecule has 0 aromatic carbocycles. The van der Waals surface area contributed by atoms with Crippen molar-refractivity contribution < 1.29 is 18.3 Å². The number of aryl methyl sites for hydroxylation is 1. The molecule has 1 saturated heterocycles. The van der Waals surface area contributed by atoms with Crippen LogP contribution in [0.4, 0.5) is 0 Å². The number of aromatic nitrogens is 2. The Morgan fingerprint density at radius 1 is 1.48 bits per heavy atom. The van der Waals surface area contributed by atoms with Gasteiger partial charge in [-0.3, -0.25) is 9.48 Å². The molecule has 118 valence electrons. The van der Waals surface area contributed by atoms with Gasteiger partial charge in [-0.2, -0.15) is 5.10 Å². The average Bonchev–Trinajstić information content (AvgIpc) is 2.80. The van der Waals surface area contributed by atoms with E-state index in [1.165, 1.54) is 0 Å². The van der Waals surface area contributed by atoms with E-state index in [0.29, 0.717) is 12.8 Å². The molecule has 0 aliphatic carbocycles. The van der Waals surface area contributed by atoms with Gasteiger partial charge in [0.1, 0.15) is 0 Å². The second kappa shape index (κ2) is 5.12. The average molecular weight is 314 g/mol. The zero-order valence-corrected chi connectivity index (χ0v) is 13.7. The molecule has 0 bridgehead atoms. The molecule has 1 N–H and O–H groups in total. The minimum Gasteiger partial charge on any atom is -0.481 e. The summed E-state index contributed by atoms with van der Waals surface area (Å²) in [5, 5.41) is 13.6. The molecule has 2 heterocycles. The number of carbonyl (C=O) groups is 1. The van der Waals surface area contributed by atoms with Gasteiger partial charge in [-0.15, -0.1) is 0 Å². The van der Waals surface area contributed by atoms with E-state index in [1.807, 2.05) is 20.8 Å². The van der Waals surface area contributed by atoms with Gasteiger partial charge in [0.05, 0.1) is 28.7 Å². The van der Waals surface area contributed by atoms with Crippen molar-refractivity contribution in [3.05, 3.63) is 17.0 Å². The Kier molecular flexibility index (Phi) is 3.90. The van der Waals surface area contributed by atoms with Crippen LogP contribution in [0.25, 0.3) is 0 Å². The highest BCUT2D eigenvalue weighted by Gasteiger charge is 2.41. The lowest BCUT2D eigenvalue weighted by Crippen LogP contribution is -2.33. The second-order valence-electron chi connectivity index (χ2n) is 6.34. The maximum absolute atomic E-state index is 11.8. The highest BCUT2D eigenvalue weighted by molar-refractivity contribution is 7.91. The number of carboxylic acids is 1. The first-order valence-electron chi connectivity index (χ1n) is 7.04. The fraction of sp³-hybridized carbons (Fsp3) is 0.714. The number of carboxylic acid groups (broad SMARTS) is 1. The van der Waals surface area contributed by atoms with Crippen molar-refractivity contribution in [3.63, 3.8) is 0 Å². The minimum atomic E-state index is -3.01. The fourth-order valence-corrected chi connectivity index (χ4v) is 5.16. The van der Waals surface area contributed by atoms with Crippen LogP contribution in [-0.4, -0.2) is 40.8 Å². The van der Waals surface area contributed by atoms with Crippen LogP contribution in [0.3, 0.4) is 0 Å². The lowest BCUT2D eigenvalue weighted by atomic mass is 9.98. The molecule has 7 heteroatoms. The third-order valence-corrected chi connectivity index (χ3v) is 6.25. The summed E-state index contributed by atoms with van der Waals surface area (Å²) in [6.45, 7) is 7.31. The number of hydrogen-bond donors (Lipinski definition) is 1. The third-order valence-electron chi connectivity index (χ3n) is 4.37. The topological polar surface area (TPSA) is 89.3 Å². The van der Waals surface area contributed by atoms with Gasteiger partial charge in [0, 0.05) is 5.69 Å². The smallest absolute Gasteiger partial charge is 0.306 e. The van der Waals surface area contributed by atoms with Gasteiger partial charge >= 0.3 is 5.97 Å². The van der Waals surface area contributed by atoms with Crippen LogP contribution in [0.1, 0.15) is 37.2 Å². The molecule has 1 aliphatic rings. The van der Waals surface area contributed by atoms with Gasteiger partial charge in [-0.25, -0.2) is 8.42 Å². The van der Waals surface area contributed by atoms with Gasteiger partial charge < -0.3 is 5.11 Å². The molecule has 0 radical (unpaired) electrons. The number of aliphatic carboxylic acids is 1. The number of nitrogens with zero attached hydrogens (tertiary/aromatic N) is 2. The van der Waals surface area contributed by atoms with E-state index in [9.17, 15) is 13.2 Å². The molecule has 2 rings (SSSR count). The molecular formula is C14H22N2O4S. The largest absolute Gasteiger partial charge is 0.481 e. The van der Waals surface area contributed by atoms with E-state index in [-0.39, 0.29) is 11.5 Å². The lowest BCUT2D eigenvalue weighted by Gasteiger charge is -2.25. The molecule has 1 aromatic heterocycles. The maximum atomic E-state index is 11.8. The molecule has 2 atom stereocenters. The maximum Gasteiger partial charge on any atom is 0.306 e. The van der Waals surface area contributed by atoms with Gasteiger partial charge in [-0.1, -0.05) is 6.92 Å². The highest BCUT2D eigenvalue weighted by Crippen LogP contribution is 2.33. The van der Waals surface area contributed by atoms with Crippen molar-refractivity contribution in [2.75, 3.05) is 11.5 Å². The van der Waals surface area contributed by atoms with Crippen LogP contribution in [0.5, 0.6) is 0 Å². The van der Waals surface area contributed by atoms with E-state index in [2.05, 4.69) is 5.10 Å². The monoisotopic (exact) mass is 314 g/mol. The van der Waals surface area contributed by atoms with E-state index >= 15 is 0 Å². The zero-order chi connectivity index (χ0) is 16.0. The molecule has 2 unspecified atom stereocenters. The van der Waals surface area contributed by atoms with Crippen LogP contribution >= 0.6 is 0 Å². The molecule has 1 fully saturated rings. The Hall–Kier alpha value is -1.37. The fourth-order valence-electron chi connectivity index (χ4n) is 3.05. The van der Waals surface area contributed by atoms with Gasteiger partial charge in [-0.05, 0) is 39.2 Å². The third kappa shape index (κ3) is 2.97. The Morgan fingerprint density at radius 2 is 2.10 bits per heavy atom. The van der Waals surface area contributed by atoms with Crippen molar-refractivity contribution in [3.8, 4) is 0 Å². The first-order chi connectivity index (χ1) is 9.56. The van der Waals surface area contributed by atoms with E-state index in [4.69, 9.17) is 5.11 Å². The SMILES string of the molecule is Cc1nn(C2(C)CCS(=O)(=O)C2)c(C)c1CC(C)C(=O)O. The summed E-state index contributed by atoms with van der Waals surface area (Å²) in [5.74, 6) is -1.05. The number of sulfone groups is 1. The number of rotatable bonds is 4. The van der Waals surface area contributed by atoms with Gasteiger partial charge in [0.15, 0.2) is 9.84 Å². The summed E-state index contributed by atoms with van der Waals surface area (Å²) in [6, 6.07) is 0. The Morgan fingerprint density at radius 3 is 2.57 bits per heavy atom. The molecular weight excluding hydrogens is 292 g/mol. The first-order valence-corrected chi connectivity index (χ1v) is 8.87.